The second-order valence-electron chi connectivity index (χ2n) is 11.1. The van der Waals surface area contributed by atoms with Crippen molar-refractivity contribution < 1.29 is 24.2 Å². The third-order valence-corrected chi connectivity index (χ3v) is 9.26. The Bertz CT molecular complexity index is 821. The van der Waals surface area contributed by atoms with Crippen LogP contribution in [0.15, 0.2) is 23.8 Å². The Morgan fingerprint density at radius 3 is 2.69 bits per heavy atom. The molecule has 0 bridgehead atoms. The number of nitrogens with one attached hydrogen (secondary N) is 1. The number of fused-ring (bicyclic) bond motifs is 5. The lowest BCUT2D eigenvalue weighted by molar-refractivity contribution is -0.174. The first-order valence-electron chi connectivity index (χ1n) is 12.3. The van der Waals surface area contributed by atoms with Crippen molar-refractivity contribution in [3.05, 3.63) is 23.8 Å². The molecule has 6 nitrogen and oxygen atoms in total. The van der Waals surface area contributed by atoms with Crippen LogP contribution in [0.4, 0.5) is 4.79 Å². The average molecular weight is 446 g/mol. The van der Waals surface area contributed by atoms with Gasteiger partial charge in [0.25, 0.3) is 0 Å². The maximum absolute atomic E-state index is 12.2. The van der Waals surface area contributed by atoms with E-state index in [1.165, 1.54) is 12.0 Å². The summed E-state index contributed by atoms with van der Waals surface area (Å²) in [5.74, 6) is 0.433. The van der Waals surface area contributed by atoms with E-state index < -0.39 is 17.7 Å². The lowest BCUT2D eigenvalue weighted by Gasteiger charge is -2.61. The third kappa shape index (κ3) is 3.89. The van der Waals surface area contributed by atoms with Gasteiger partial charge in [0.15, 0.2) is 0 Å². The Morgan fingerprint density at radius 1 is 1.16 bits per heavy atom. The number of esters is 1. The van der Waals surface area contributed by atoms with Crippen LogP contribution in [0.3, 0.4) is 0 Å². The van der Waals surface area contributed by atoms with Crippen LogP contribution in [0.1, 0.15) is 78.6 Å². The fourth-order valence-electron chi connectivity index (χ4n) is 7.35. The van der Waals surface area contributed by atoms with E-state index in [0.29, 0.717) is 17.4 Å². The minimum absolute atomic E-state index is 0.0862. The minimum Gasteiger partial charge on any atom is -0.460 e. The van der Waals surface area contributed by atoms with Crippen LogP contribution in [0.2, 0.25) is 0 Å². The van der Waals surface area contributed by atoms with Gasteiger partial charge in [-0.3, -0.25) is 0 Å². The van der Waals surface area contributed by atoms with Crippen LogP contribution >= 0.6 is 0 Å². The van der Waals surface area contributed by atoms with E-state index in [0.717, 1.165) is 51.4 Å². The monoisotopic (exact) mass is 445 g/mol. The first-order chi connectivity index (χ1) is 15.1. The van der Waals surface area contributed by atoms with Gasteiger partial charge in [0, 0.05) is 5.57 Å². The summed E-state index contributed by atoms with van der Waals surface area (Å²) in [5.41, 5.74) is 1.41. The number of hydrogen-bond acceptors (Lipinski definition) is 5. The summed E-state index contributed by atoms with van der Waals surface area (Å²) in [7, 11) is 0. The number of carbonyl (C=O) groups is 2. The van der Waals surface area contributed by atoms with E-state index in [4.69, 9.17) is 9.47 Å². The molecule has 0 aromatic rings. The largest absolute Gasteiger partial charge is 0.460 e. The molecule has 4 rings (SSSR count). The molecule has 0 spiro atoms. The molecular formula is C26H39NO5. The second kappa shape index (κ2) is 8.51. The van der Waals surface area contributed by atoms with Gasteiger partial charge in [-0.15, -0.1) is 0 Å². The van der Waals surface area contributed by atoms with E-state index >= 15 is 0 Å². The van der Waals surface area contributed by atoms with Crippen molar-refractivity contribution in [1.82, 2.24) is 5.32 Å². The number of allylic oxidation sites excluding steroid dienone is 1. The summed E-state index contributed by atoms with van der Waals surface area (Å²) in [6.45, 7) is 10.1. The summed E-state index contributed by atoms with van der Waals surface area (Å²) < 4.78 is 10.6. The van der Waals surface area contributed by atoms with Gasteiger partial charge in [-0.1, -0.05) is 26.0 Å². The van der Waals surface area contributed by atoms with Crippen LogP contribution in [0.5, 0.6) is 0 Å². The molecule has 3 saturated carbocycles. The van der Waals surface area contributed by atoms with E-state index in [9.17, 15) is 14.7 Å². The molecule has 4 aliphatic rings. The molecule has 3 fully saturated rings. The topological polar surface area (TPSA) is 84.9 Å². The van der Waals surface area contributed by atoms with Crippen molar-refractivity contribution in [3.8, 4) is 0 Å². The lowest BCUT2D eigenvalue weighted by atomic mass is 9.46. The molecule has 0 aliphatic heterocycles. The van der Waals surface area contributed by atoms with Gasteiger partial charge in [-0.2, -0.15) is 0 Å². The SMILES string of the molecule is C=C(C)C(=O)OCCNC(=O)OC1C=C2CCC3C(CCC4(C)CCCC34O)C2(C)CC1. The fourth-order valence-corrected chi connectivity index (χ4v) is 7.35. The molecule has 2 N–H and O–H groups in total. The Morgan fingerprint density at radius 2 is 1.94 bits per heavy atom. The number of rotatable bonds is 5. The fraction of sp³-hybridized carbons (Fsp3) is 0.769. The summed E-state index contributed by atoms with van der Waals surface area (Å²) in [6.07, 6.45) is 10.8. The highest BCUT2D eigenvalue weighted by atomic mass is 16.6. The number of ether oxygens (including phenoxy) is 2. The lowest BCUT2D eigenvalue weighted by Crippen LogP contribution is -2.59. The number of amides is 1. The molecule has 6 unspecified atom stereocenters. The van der Waals surface area contributed by atoms with Crippen molar-refractivity contribution in [1.29, 1.82) is 0 Å². The summed E-state index contributed by atoms with van der Waals surface area (Å²) in [6, 6.07) is 0. The van der Waals surface area contributed by atoms with E-state index in [1.807, 2.05) is 0 Å². The van der Waals surface area contributed by atoms with Crippen molar-refractivity contribution in [2.24, 2.45) is 22.7 Å². The molecular weight excluding hydrogens is 406 g/mol. The van der Waals surface area contributed by atoms with Gasteiger partial charge in [0.1, 0.15) is 12.7 Å². The van der Waals surface area contributed by atoms with Gasteiger partial charge in [-0.25, -0.2) is 9.59 Å². The molecule has 0 aromatic carbocycles. The Labute approximate surface area is 191 Å². The predicted octanol–water partition coefficient (Wildman–Crippen LogP) is 4.67. The Hall–Kier alpha value is -1.82. The van der Waals surface area contributed by atoms with Crippen molar-refractivity contribution in [2.75, 3.05) is 13.2 Å². The van der Waals surface area contributed by atoms with Crippen LogP contribution in [-0.2, 0) is 14.3 Å². The van der Waals surface area contributed by atoms with Crippen molar-refractivity contribution in [2.45, 2.75) is 90.3 Å². The number of alkyl carbamates (subject to hydrolysis) is 1. The molecule has 32 heavy (non-hydrogen) atoms. The maximum Gasteiger partial charge on any atom is 0.407 e. The normalized spacial score (nSPS) is 40.2. The first-order valence-corrected chi connectivity index (χ1v) is 12.3. The van der Waals surface area contributed by atoms with E-state index in [2.05, 4.69) is 31.8 Å². The zero-order chi connectivity index (χ0) is 23.1. The summed E-state index contributed by atoms with van der Waals surface area (Å²) in [5, 5.41) is 14.4. The predicted molar refractivity (Wildman–Crippen MR) is 122 cm³/mol. The van der Waals surface area contributed by atoms with Gasteiger partial charge < -0.3 is 19.9 Å². The number of carbonyl (C=O) groups excluding carboxylic acids is 2. The Balaban J connectivity index is 1.35. The molecule has 0 radical (unpaired) electrons. The highest BCUT2D eigenvalue weighted by molar-refractivity contribution is 5.86. The summed E-state index contributed by atoms with van der Waals surface area (Å²) in [4.78, 5) is 23.6. The van der Waals surface area contributed by atoms with Crippen molar-refractivity contribution in [3.63, 3.8) is 0 Å². The third-order valence-electron chi connectivity index (χ3n) is 9.26. The highest BCUT2D eigenvalue weighted by Gasteiger charge is 2.63. The molecule has 6 atom stereocenters. The van der Waals surface area contributed by atoms with E-state index in [-0.39, 0.29) is 30.1 Å². The van der Waals surface area contributed by atoms with Gasteiger partial charge in [0.2, 0.25) is 0 Å². The standard InChI is InChI=1S/C26H39NO5/c1-17(2)22(28)31-15-14-27-23(29)32-19-8-13-25(4)18(16-19)6-7-21-20(25)9-12-24(3)10-5-11-26(21,24)30/h16,19-21,30H,1,5-15H2,2-4H3,(H,27,29). The molecule has 0 heterocycles. The number of hydrogen-bond donors (Lipinski definition) is 2. The molecule has 4 aliphatic carbocycles. The number of aliphatic hydroxyl groups is 1. The zero-order valence-electron chi connectivity index (χ0n) is 19.9. The van der Waals surface area contributed by atoms with Gasteiger partial charge in [0.05, 0.1) is 12.1 Å². The van der Waals surface area contributed by atoms with Gasteiger partial charge in [-0.05, 0) is 93.5 Å². The molecule has 178 valence electrons. The smallest absolute Gasteiger partial charge is 0.407 e. The molecule has 6 heteroatoms. The second-order valence-corrected chi connectivity index (χ2v) is 11.1. The van der Waals surface area contributed by atoms with Crippen LogP contribution in [0, 0.1) is 22.7 Å². The molecule has 1 amide bonds. The Kier molecular flexibility index (Phi) is 6.21. The van der Waals surface area contributed by atoms with Crippen LogP contribution in [-0.4, -0.2) is 42.0 Å². The highest BCUT2D eigenvalue weighted by Crippen LogP contribution is 2.67. The minimum atomic E-state index is -0.509. The van der Waals surface area contributed by atoms with Crippen LogP contribution in [0.25, 0.3) is 0 Å². The van der Waals surface area contributed by atoms with Gasteiger partial charge >= 0.3 is 12.1 Å². The molecule has 0 aromatic heterocycles. The quantitative estimate of drug-likeness (QED) is 0.278. The molecule has 0 saturated heterocycles. The maximum atomic E-state index is 12.2. The summed E-state index contributed by atoms with van der Waals surface area (Å²) >= 11 is 0. The first kappa shape index (κ1) is 23.3. The zero-order valence-corrected chi connectivity index (χ0v) is 19.9. The van der Waals surface area contributed by atoms with Crippen LogP contribution < -0.4 is 5.32 Å². The van der Waals surface area contributed by atoms with E-state index in [1.54, 1.807) is 6.92 Å². The average Bonchev–Trinajstić information content (AvgIpc) is 3.06. The van der Waals surface area contributed by atoms with Crippen molar-refractivity contribution >= 4 is 12.1 Å².